The number of carbonyl (C=O) groups excluding carboxylic acids is 1. The van der Waals surface area contributed by atoms with Crippen molar-refractivity contribution >= 4 is 40.2 Å². The van der Waals surface area contributed by atoms with Gasteiger partial charge < -0.3 is 15.0 Å². The molecule has 0 saturated carbocycles. The van der Waals surface area contributed by atoms with Gasteiger partial charge in [0.25, 0.3) is 11.6 Å². The number of benzene rings is 1. The monoisotopic (exact) mass is 396 g/mol. The number of anilines is 1. The van der Waals surface area contributed by atoms with E-state index in [0.29, 0.717) is 48.6 Å². The van der Waals surface area contributed by atoms with Crippen LogP contribution in [0.2, 0.25) is 4.47 Å². The summed E-state index contributed by atoms with van der Waals surface area (Å²) < 4.78 is 5.68. The lowest BCUT2D eigenvalue weighted by molar-refractivity contribution is -0.385. The lowest BCUT2D eigenvalue weighted by Crippen LogP contribution is -2.40. The molecule has 1 aromatic heterocycles. The van der Waals surface area contributed by atoms with Crippen molar-refractivity contribution in [2.24, 2.45) is 0 Å². The molecule has 0 bridgehead atoms. The maximum absolute atomic E-state index is 12.7. The van der Waals surface area contributed by atoms with Crippen LogP contribution < -0.4 is 5.32 Å². The van der Waals surface area contributed by atoms with E-state index in [1.807, 2.05) is 0 Å². The van der Waals surface area contributed by atoms with Crippen molar-refractivity contribution in [2.75, 3.05) is 31.6 Å². The zero-order valence-electron chi connectivity index (χ0n) is 14.0. The van der Waals surface area contributed by atoms with Crippen molar-refractivity contribution in [3.63, 3.8) is 0 Å². The number of nitro benzene ring substituents is 1. The van der Waals surface area contributed by atoms with Gasteiger partial charge in [0, 0.05) is 47.0 Å². The van der Waals surface area contributed by atoms with Crippen molar-refractivity contribution in [2.45, 2.75) is 13.5 Å². The first-order valence-electron chi connectivity index (χ1n) is 7.96. The van der Waals surface area contributed by atoms with Crippen molar-refractivity contribution in [3.05, 3.63) is 48.9 Å². The fraction of sp³-hybridized carbons (Fsp3) is 0.375. The summed E-state index contributed by atoms with van der Waals surface area (Å²) in [6.45, 7) is 3.96. The van der Waals surface area contributed by atoms with Gasteiger partial charge in [-0.1, -0.05) is 11.6 Å². The van der Waals surface area contributed by atoms with Gasteiger partial charge in [0.05, 0.1) is 24.7 Å². The number of carbonyl (C=O) groups is 1. The van der Waals surface area contributed by atoms with Crippen molar-refractivity contribution in [1.29, 1.82) is 0 Å². The highest BCUT2D eigenvalue weighted by atomic mass is 35.5. The number of hydrogen-bond donors (Lipinski definition) is 1. The van der Waals surface area contributed by atoms with Crippen LogP contribution in [0, 0.1) is 17.0 Å². The van der Waals surface area contributed by atoms with E-state index in [1.54, 1.807) is 24.1 Å². The molecule has 1 saturated heterocycles. The molecule has 2 heterocycles. The average Bonchev–Trinajstić information content (AvgIpc) is 3.06. The standard InChI is InChI=1S/C16H17ClN4O4S/c1-10-13(18-8-12-9-19-16(17)26-12)6-11(7-14(10)21(23)24)15(22)20-2-4-25-5-3-20/h6-7,9,18H,2-5,8H2,1H3. The quantitative estimate of drug-likeness (QED) is 0.616. The maximum atomic E-state index is 12.7. The Morgan fingerprint density at radius 3 is 2.81 bits per heavy atom. The van der Waals surface area contributed by atoms with Crippen LogP contribution in [0.4, 0.5) is 11.4 Å². The smallest absolute Gasteiger partial charge is 0.275 e. The summed E-state index contributed by atoms with van der Waals surface area (Å²) in [7, 11) is 0. The fourth-order valence-electron chi connectivity index (χ4n) is 2.69. The molecule has 1 fully saturated rings. The number of thiazole rings is 1. The molecule has 0 spiro atoms. The fourth-order valence-corrected chi connectivity index (χ4v) is 3.61. The lowest BCUT2D eigenvalue weighted by atomic mass is 10.1. The molecule has 0 aliphatic carbocycles. The third kappa shape index (κ3) is 4.12. The van der Waals surface area contributed by atoms with Crippen LogP contribution in [0.25, 0.3) is 0 Å². The van der Waals surface area contributed by atoms with E-state index < -0.39 is 4.92 Å². The van der Waals surface area contributed by atoms with E-state index in [0.717, 1.165) is 4.88 Å². The Morgan fingerprint density at radius 1 is 1.46 bits per heavy atom. The Morgan fingerprint density at radius 2 is 2.19 bits per heavy atom. The highest BCUT2D eigenvalue weighted by Crippen LogP contribution is 2.29. The van der Waals surface area contributed by atoms with E-state index in [2.05, 4.69) is 10.3 Å². The molecule has 2 aromatic rings. The van der Waals surface area contributed by atoms with E-state index in [4.69, 9.17) is 16.3 Å². The minimum atomic E-state index is -0.472. The topological polar surface area (TPSA) is 97.6 Å². The highest BCUT2D eigenvalue weighted by Gasteiger charge is 2.24. The van der Waals surface area contributed by atoms with E-state index in [-0.39, 0.29) is 17.2 Å². The van der Waals surface area contributed by atoms with Crippen LogP contribution in [0.3, 0.4) is 0 Å². The number of halogens is 1. The Bertz CT molecular complexity index is 836. The largest absolute Gasteiger partial charge is 0.380 e. The van der Waals surface area contributed by atoms with Crippen LogP contribution in [0.5, 0.6) is 0 Å². The highest BCUT2D eigenvalue weighted by molar-refractivity contribution is 7.15. The molecule has 3 rings (SSSR count). The SMILES string of the molecule is Cc1c(NCc2cnc(Cl)s2)cc(C(=O)N2CCOCC2)cc1[N+](=O)[O-]. The van der Waals surface area contributed by atoms with Gasteiger partial charge in [-0.3, -0.25) is 14.9 Å². The first-order chi connectivity index (χ1) is 12.5. The number of nitrogens with zero attached hydrogens (tertiary/aromatic N) is 3. The molecule has 8 nitrogen and oxygen atoms in total. The number of ether oxygens (including phenoxy) is 1. The molecule has 0 unspecified atom stereocenters. The molecular weight excluding hydrogens is 380 g/mol. The summed E-state index contributed by atoms with van der Waals surface area (Å²) in [5.41, 5.74) is 1.22. The molecule has 0 atom stereocenters. The average molecular weight is 397 g/mol. The molecule has 1 aliphatic rings. The molecule has 26 heavy (non-hydrogen) atoms. The predicted octanol–water partition coefficient (Wildman–Crippen LogP) is 3.10. The summed E-state index contributed by atoms with van der Waals surface area (Å²) in [5, 5.41) is 14.6. The number of amides is 1. The lowest BCUT2D eigenvalue weighted by Gasteiger charge is -2.27. The first-order valence-corrected chi connectivity index (χ1v) is 9.15. The van der Waals surface area contributed by atoms with Gasteiger partial charge in [-0.15, -0.1) is 11.3 Å². The van der Waals surface area contributed by atoms with Crippen molar-refractivity contribution in [1.82, 2.24) is 9.88 Å². The molecule has 1 aliphatic heterocycles. The van der Waals surface area contributed by atoms with Crippen LogP contribution in [-0.4, -0.2) is 47.0 Å². The zero-order chi connectivity index (χ0) is 18.7. The number of nitrogens with one attached hydrogen (secondary N) is 1. The number of nitro groups is 1. The number of rotatable bonds is 5. The van der Waals surface area contributed by atoms with E-state index >= 15 is 0 Å². The number of hydrogen-bond acceptors (Lipinski definition) is 7. The van der Waals surface area contributed by atoms with Gasteiger partial charge in [-0.05, 0) is 13.0 Å². The first kappa shape index (κ1) is 18.6. The zero-order valence-corrected chi connectivity index (χ0v) is 15.6. The van der Waals surface area contributed by atoms with Crippen LogP contribution in [-0.2, 0) is 11.3 Å². The van der Waals surface area contributed by atoms with Crippen molar-refractivity contribution in [3.8, 4) is 0 Å². The minimum absolute atomic E-state index is 0.0889. The van der Waals surface area contributed by atoms with Gasteiger partial charge in [0.2, 0.25) is 0 Å². The third-order valence-electron chi connectivity index (χ3n) is 4.10. The summed E-state index contributed by atoms with van der Waals surface area (Å²) in [6, 6.07) is 2.99. The van der Waals surface area contributed by atoms with Crippen LogP contribution in [0.1, 0.15) is 20.8 Å². The Balaban J connectivity index is 1.88. The summed E-state index contributed by atoms with van der Waals surface area (Å²) >= 11 is 7.15. The predicted molar refractivity (Wildman–Crippen MR) is 99.0 cm³/mol. The van der Waals surface area contributed by atoms with Gasteiger partial charge in [0.1, 0.15) is 0 Å². The van der Waals surface area contributed by atoms with Gasteiger partial charge in [-0.25, -0.2) is 4.98 Å². The van der Waals surface area contributed by atoms with E-state index in [1.165, 1.54) is 17.4 Å². The van der Waals surface area contributed by atoms with Crippen LogP contribution in [0.15, 0.2) is 18.3 Å². The Labute approximate surface area is 158 Å². The molecule has 10 heteroatoms. The molecule has 138 valence electrons. The Hall–Kier alpha value is -2.23. The van der Waals surface area contributed by atoms with E-state index in [9.17, 15) is 14.9 Å². The second-order valence-corrected chi connectivity index (χ2v) is 7.46. The second-order valence-electron chi connectivity index (χ2n) is 5.76. The van der Waals surface area contributed by atoms with Gasteiger partial charge in [-0.2, -0.15) is 0 Å². The molecule has 1 N–H and O–H groups in total. The number of morpholine rings is 1. The number of aromatic nitrogens is 1. The molecule has 1 aromatic carbocycles. The normalized spacial score (nSPS) is 14.3. The molecule has 1 amide bonds. The maximum Gasteiger partial charge on any atom is 0.275 e. The van der Waals surface area contributed by atoms with Gasteiger partial charge >= 0.3 is 0 Å². The van der Waals surface area contributed by atoms with Gasteiger partial charge in [0.15, 0.2) is 4.47 Å². The van der Waals surface area contributed by atoms with Crippen molar-refractivity contribution < 1.29 is 14.5 Å². The molecule has 0 radical (unpaired) electrons. The summed E-state index contributed by atoms with van der Waals surface area (Å²) in [4.78, 5) is 30.1. The summed E-state index contributed by atoms with van der Waals surface area (Å²) in [5.74, 6) is -0.236. The minimum Gasteiger partial charge on any atom is -0.380 e. The molecular formula is C16H17ClN4O4S. The van der Waals surface area contributed by atoms with Crippen LogP contribution >= 0.6 is 22.9 Å². The summed E-state index contributed by atoms with van der Waals surface area (Å²) in [6.07, 6.45) is 1.65. The Kier molecular flexibility index (Phi) is 5.70. The second kappa shape index (κ2) is 7.98. The third-order valence-corrected chi connectivity index (χ3v) is 5.22.